The summed E-state index contributed by atoms with van der Waals surface area (Å²) in [5.74, 6) is 0.224. The summed E-state index contributed by atoms with van der Waals surface area (Å²) in [6.45, 7) is 1.87. The van der Waals surface area contributed by atoms with Crippen molar-refractivity contribution in [3.63, 3.8) is 0 Å². The van der Waals surface area contributed by atoms with Crippen LogP contribution in [0.25, 0.3) is 10.6 Å². The maximum absolute atomic E-state index is 12.9. The highest BCUT2D eigenvalue weighted by Crippen LogP contribution is 2.24. The molecule has 118 valence electrons. The first-order chi connectivity index (χ1) is 11.0. The van der Waals surface area contributed by atoms with Gasteiger partial charge in [0.2, 0.25) is 5.91 Å². The highest BCUT2D eigenvalue weighted by atomic mass is 32.1. The molecule has 0 saturated heterocycles. The van der Waals surface area contributed by atoms with Crippen LogP contribution in [0.5, 0.6) is 0 Å². The molecule has 0 radical (unpaired) electrons. The van der Waals surface area contributed by atoms with Crippen LogP contribution in [0.3, 0.4) is 0 Å². The smallest absolute Gasteiger partial charge is 0.231 e. The van der Waals surface area contributed by atoms with Crippen molar-refractivity contribution in [2.24, 2.45) is 7.05 Å². The lowest BCUT2D eigenvalue weighted by atomic mass is 10.2. The number of rotatable bonds is 4. The maximum atomic E-state index is 12.9. The third-order valence-electron chi connectivity index (χ3n) is 3.25. The van der Waals surface area contributed by atoms with Crippen LogP contribution in [-0.4, -0.2) is 20.7 Å². The number of hydrogen-bond donors (Lipinski definition) is 1. The van der Waals surface area contributed by atoms with Crippen LogP contribution in [0.2, 0.25) is 0 Å². The van der Waals surface area contributed by atoms with E-state index in [-0.39, 0.29) is 18.1 Å². The van der Waals surface area contributed by atoms with Crippen LogP contribution >= 0.6 is 11.3 Å². The van der Waals surface area contributed by atoms with Gasteiger partial charge in [0.15, 0.2) is 0 Å². The summed E-state index contributed by atoms with van der Waals surface area (Å²) in [4.78, 5) is 16.5. The topological polar surface area (TPSA) is 59.8 Å². The molecular weight excluding hydrogens is 315 g/mol. The van der Waals surface area contributed by atoms with Gasteiger partial charge in [-0.05, 0) is 31.2 Å². The third-order valence-corrected chi connectivity index (χ3v) is 4.19. The van der Waals surface area contributed by atoms with E-state index < -0.39 is 0 Å². The lowest BCUT2D eigenvalue weighted by Gasteiger charge is -2.03. The normalized spacial score (nSPS) is 10.7. The van der Waals surface area contributed by atoms with Gasteiger partial charge in [0.05, 0.1) is 17.8 Å². The Bertz CT molecular complexity index is 838. The second kappa shape index (κ2) is 6.29. The minimum atomic E-state index is -0.281. The molecule has 0 unspecified atom stereocenters. The number of hydrogen-bond acceptors (Lipinski definition) is 4. The quantitative estimate of drug-likeness (QED) is 0.799. The van der Waals surface area contributed by atoms with E-state index in [1.807, 2.05) is 18.4 Å². The van der Waals surface area contributed by atoms with Gasteiger partial charge in [-0.1, -0.05) is 0 Å². The lowest BCUT2D eigenvalue weighted by molar-refractivity contribution is -0.115. The van der Waals surface area contributed by atoms with Crippen LogP contribution in [0.15, 0.2) is 35.7 Å². The van der Waals surface area contributed by atoms with E-state index in [9.17, 15) is 9.18 Å². The molecule has 0 spiro atoms. The van der Waals surface area contributed by atoms with E-state index in [0.717, 1.165) is 16.3 Å². The van der Waals surface area contributed by atoms with Crippen LogP contribution in [-0.2, 0) is 18.3 Å². The summed E-state index contributed by atoms with van der Waals surface area (Å²) < 4.78 is 14.6. The molecule has 0 aliphatic rings. The molecule has 0 saturated carbocycles. The van der Waals surface area contributed by atoms with E-state index in [2.05, 4.69) is 15.4 Å². The van der Waals surface area contributed by atoms with Crippen molar-refractivity contribution in [2.45, 2.75) is 13.3 Å². The van der Waals surface area contributed by atoms with Crippen molar-refractivity contribution >= 4 is 23.1 Å². The number of carbonyl (C=O) groups excluding carboxylic acids is 1. The van der Waals surface area contributed by atoms with Crippen LogP contribution < -0.4 is 5.32 Å². The van der Waals surface area contributed by atoms with E-state index in [4.69, 9.17) is 0 Å². The Labute approximate surface area is 136 Å². The van der Waals surface area contributed by atoms with Gasteiger partial charge < -0.3 is 5.32 Å². The van der Waals surface area contributed by atoms with Crippen LogP contribution in [0.1, 0.15) is 11.4 Å². The Kier molecular flexibility index (Phi) is 4.20. The Morgan fingerprint density at radius 3 is 2.74 bits per heavy atom. The van der Waals surface area contributed by atoms with Gasteiger partial charge in [-0.3, -0.25) is 9.48 Å². The number of nitrogens with zero attached hydrogens (tertiary/aromatic N) is 3. The van der Waals surface area contributed by atoms with Crippen molar-refractivity contribution in [1.82, 2.24) is 14.8 Å². The molecule has 7 heteroatoms. The summed E-state index contributed by atoms with van der Waals surface area (Å²) in [5.41, 5.74) is 2.37. The van der Waals surface area contributed by atoms with Gasteiger partial charge >= 0.3 is 0 Å². The Hall–Kier alpha value is -2.54. The minimum absolute atomic E-state index is 0.149. The molecule has 3 rings (SSSR count). The van der Waals surface area contributed by atoms with Gasteiger partial charge in [-0.15, -0.1) is 11.3 Å². The second-order valence-corrected chi connectivity index (χ2v) is 6.03. The molecule has 0 aliphatic carbocycles. The van der Waals surface area contributed by atoms with Gasteiger partial charge in [0.25, 0.3) is 0 Å². The molecule has 2 aromatic heterocycles. The maximum Gasteiger partial charge on any atom is 0.231 e. The highest BCUT2D eigenvalue weighted by molar-refractivity contribution is 7.13. The number of amides is 1. The van der Waals surface area contributed by atoms with Gasteiger partial charge in [-0.25, -0.2) is 9.37 Å². The molecule has 0 fully saturated rings. The predicted octanol–water partition coefficient (Wildman–Crippen LogP) is 3.17. The molecular formula is C16H15FN4OS. The van der Waals surface area contributed by atoms with E-state index in [1.165, 1.54) is 23.5 Å². The van der Waals surface area contributed by atoms with Crippen molar-refractivity contribution in [3.8, 4) is 10.6 Å². The molecule has 0 bridgehead atoms. The molecule has 0 atom stereocenters. The fourth-order valence-corrected chi connectivity index (χ4v) is 3.02. The van der Waals surface area contributed by atoms with Crippen molar-refractivity contribution in [3.05, 3.63) is 52.9 Å². The molecule has 23 heavy (non-hydrogen) atoms. The summed E-state index contributed by atoms with van der Waals surface area (Å²) in [6.07, 6.45) is 0.182. The van der Waals surface area contributed by atoms with Crippen molar-refractivity contribution in [2.75, 3.05) is 5.32 Å². The second-order valence-electron chi connectivity index (χ2n) is 5.17. The number of halogens is 1. The average Bonchev–Trinajstić information content (AvgIpc) is 3.07. The molecule has 3 aromatic rings. The summed E-state index contributed by atoms with van der Waals surface area (Å²) >= 11 is 1.43. The SMILES string of the molecule is Cc1cc(NC(=O)Cc2csc(-c3ccc(F)cc3)n2)n(C)n1. The Morgan fingerprint density at radius 1 is 1.35 bits per heavy atom. The first kappa shape index (κ1) is 15.4. The number of nitrogens with one attached hydrogen (secondary N) is 1. The van der Waals surface area contributed by atoms with Crippen LogP contribution in [0, 0.1) is 12.7 Å². The number of thiazole rings is 1. The average molecular weight is 330 g/mol. The van der Waals surface area contributed by atoms with Crippen molar-refractivity contribution in [1.29, 1.82) is 0 Å². The molecule has 1 amide bonds. The molecule has 5 nitrogen and oxygen atoms in total. The zero-order chi connectivity index (χ0) is 16.4. The molecule has 1 N–H and O–H groups in total. The highest BCUT2D eigenvalue weighted by Gasteiger charge is 2.11. The Morgan fingerprint density at radius 2 is 2.09 bits per heavy atom. The number of carbonyl (C=O) groups is 1. The zero-order valence-corrected chi connectivity index (χ0v) is 13.5. The van der Waals surface area contributed by atoms with E-state index in [1.54, 1.807) is 23.9 Å². The molecule has 1 aromatic carbocycles. The van der Waals surface area contributed by atoms with Gasteiger partial charge in [-0.2, -0.15) is 5.10 Å². The summed E-state index contributed by atoms with van der Waals surface area (Å²) in [6, 6.07) is 7.96. The fraction of sp³-hybridized carbons (Fsp3) is 0.188. The monoisotopic (exact) mass is 330 g/mol. The number of benzene rings is 1. The lowest BCUT2D eigenvalue weighted by Crippen LogP contribution is -2.16. The molecule has 2 heterocycles. The Balaban J connectivity index is 1.68. The largest absolute Gasteiger partial charge is 0.311 e. The number of aryl methyl sites for hydroxylation is 2. The predicted molar refractivity (Wildman–Crippen MR) is 87.8 cm³/mol. The van der Waals surface area contributed by atoms with Gasteiger partial charge in [0, 0.05) is 24.1 Å². The van der Waals surface area contributed by atoms with E-state index in [0.29, 0.717) is 11.5 Å². The standard InChI is InChI=1S/C16H15FN4OS/c1-10-7-14(21(2)20-10)19-15(22)8-13-9-23-16(18-13)11-3-5-12(17)6-4-11/h3-7,9H,8H2,1-2H3,(H,19,22). The number of aromatic nitrogens is 3. The number of anilines is 1. The summed E-state index contributed by atoms with van der Waals surface area (Å²) in [5, 5.41) is 9.60. The first-order valence-corrected chi connectivity index (χ1v) is 7.90. The fourth-order valence-electron chi connectivity index (χ4n) is 2.19. The minimum Gasteiger partial charge on any atom is -0.311 e. The van der Waals surface area contributed by atoms with Crippen LogP contribution in [0.4, 0.5) is 10.2 Å². The van der Waals surface area contributed by atoms with Crippen molar-refractivity contribution < 1.29 is 9.18 Å². The first-order valence-electron chi connectivity index (χ1n) is 7.02. The van der Waals surface area contributed by atoms with E-state index >= 15 is 0 Å². The third kappa shape index (κ3) is 3.62. The van der Waals surface area contributed by atoms with Gasteiger partial charge in [0.1, 0.15) is 16.6 Å². The molecule has 0 aliphatic heterocycles. The summed E-state index contributed by atoms with van der Waals surface area (Å²) in [7, 11) is 1.78. The zero-order valence-electron chi connectivity index (χ0n) is 12.7.